The second-order valence-electron chi connectivity index (χ2n) is 4.14. The molecule has 0 unspecified atom stereocenters. The van der Waals surface area contributed by atoms with E-state index in [-0.39, 0.29) is 11.4 Å². The number of nitrogen functional groups attached to an aromatic ring is 1. The fourth-order valence-corrected chi connectivity index (χ4v) is 2.15. The van der Waals surface area contributed by atoms with E-state index in [1.54, 1.807) is 19.1 Å². The van der Waals surface area contributed by atoms with Crippen LogP contribution in [0.25, 0.3) is 0 Å². The van der Waals surface area contributed by atoms with E-state index in [1.807, 2.05) is 12.1 Å². The Labute approximate surface area is 134 Å². The van der Waals surface area contributed by atoms with Crippen LogP contribution in [0.2, 0.25) is 0 Å². The number of hydrogen-bond donors (Lipinski definition) is 2. The molecule has 0 atom stereocenters. The zero-order valence-electron chi connectivity index (χ0n) is 11.1. The first-order valence-electron chi connectivity index (χ1n) is 5.91. The van der Waals surface area contributed by atoms with Crippen LogP contribution < -0.4 is 11.1 Å². The summed E-state index contributed by atoms with van der Waals surface area (Å²) >= 11 is 2.13. The van der Waals surface area contributed by atoms with Crippen LogP contribution in [0.3, 0.4) is 0 Å². The summed E-state index contributed by atoms with van der Waals surface area (Å²) in [5.41, 5.74) is 6.44. The van der Waals surface area contributed by atoms with Crippen LogP contribution in [-0.2, 0) is 9.53 Å². The summed E-state index contributed by atoms with van der Waals surface area (Å²) in [5, 5.41) is 6.16. The summed E-state index contributed by atoms with van der Waals surface area (Å²) in [5.74, 6) is -1.32. The average Bonchev–Trinajstić information content (AvgIpc) is 2.76. The van der Waals surface area contributed by atoms with Crippen LogP contribution in [0.5, 0.6) is 0 Å². The zero-order valence-corrected chi connectivity index (χ0v) is 13.2. The Morgan fingerprint density at radius 2 is 2.24 bits per heavy atom. The second-order valence-corrected chi connectivity index (χ2v) is 5.39. The maximum atomic E-state index is 11.8. The number of carbonyl (C=O) groups excluding carboxylic acids is 2. The third-order valence-corrected chi connectivity index (χ3v) is 3.21. The standard InChI is InChI=1S/C13H12IN3O4/c1-7-11(12(15)21-17-7)13(19)20-6-10(18)16-9-4-2-3-8(14)5-9/h2-5H,6,15H2,1H3,(H,16,18). The molecule has 1 aromatic heterocycles. The van der Waals surface area contributed by atoms with Gasteiger partial charge in [-0.05, 0) is 47.7 Å². The lowest BCUT2D eigenvalue weighted by Gasteiger charge is -2.06. The molecule has 110 valence electrons. The molecule has 1 aromatic carbocycles. The minimum Gasteiger partial charge on any atom is -0.452 e. The van der Waals surface area contributed by atoms with E-state index in [0.717, 1.165) is 3.57 Å². The normalized spacial score (nSPS) is 10.2. The van der Waals surface area contributed by atoms with Gasteiger partial charge in [0.1, 0.15) is 5.56 Å². The van der Waals surface area contributed by atoms with Crippen molar-refractivity contribution < 1.29 is 18.8 Å². The van der Waals surface area contributed by atoms with E-state index in [0.29, 0.717) is 11.4 Å². The monoisotopic (exact) mass is 401 g/mol. The highest BCUT2D eigenvalue weighted by Gasteiger charge is 2.20. The third-order valence-electron chi connectivity index (χ3n) is 2.54. The molecular formula is C13H12IN3O4. The van der Waals surface area contributed by atoms with Crippen molar-refractivity contribution in [1.29, 1.82) is 0 Å². The van der Waals surface area contributed by atoms with Gasteiger partial charge in [-0.1, -0.05) is 11.2 Å². The molecule has 0 spiro atoms. The van der Waals surface area contributed by atoms with E-state index in [2.05, 4.69) is 37.6 Å². The summed E-state index contributed by atoms with van der Waals surface area (Å²) in [6, 6.07) is 7.24. The van der Waals surface area contributed by atoms with Crippen molar-refractivity contribution in [3.05, 3.63) is 39.1 Å². The molecule has 2 aromatic rings. The zero-order chi connectivity index (χ0) is 15.4. The molecule has 21 heavy (non-hydrogen) atoms. The van der Waals surface area contributed by atoms with E-state index in [4.69, 9.17) is 10.5 Å². The molecule has 0 aliphatic heterocycles. The summed E-state index contributed by atoms with van der Waals surface area (Å²) in [4.78, 5) is 23.5. The third kappa shape index (κ3) is 3.94. The number of rotatable bonds is 4. The van der Waals surface area contributed by atoms with Gasteiger partial charge in [0, 0.05) is 9.26 Å². The largest absolute Gasteiger partial charge is 0.452 e. The van der Waals surface area contributed by atoms with Crippen LogP contribution in [0, 0.1) is 10.5 Å². The van der Waals surface area contributed by atoms with Crippen molar-refractivity contribution in [2.45, 2.75) is 6.92 Å². The SMILES string of the molecule is Cc1noc(N)c1C(=O)OCC(=O)Nc1cccc(I)c1. The number of benzene rings is 1. The molecule has 8 heteroatoms. The van der Waals surface area contributed by atoms with Crippen LogP contribution in [0.1, 0.15) is 16.1 Å². The maximum Gasteiger partial charge on any atom is 0.346 e. The number of amides is 1. The minimum atomic E-state index is -0.746. The average molecular weight is 401 g/mol. The predicted molar refractivity (Wildman–Crippen MR) is 83.7 cm³/mol. The number of hydrogen-bond acceptors (Lipinski definition) is 6. The lowest BCUT2D eigenvalue weighted by Crippen LogP contribution is -2.21. The Morgan fingerprint density at radius 1 is 1.48 bits per heavy atom. The van der Waals surface area contributed by atoms with Gasteiger partial charge in [-0.2, -0.15) is 0 Å². The molecule has 1 amide bonds. The lowest BCUT2D eigenvalue weighted by atomic mass is 10.2. The van der Waals surface area contributed by atoms with Gasteiger partial charge in [-0.15, -0.1) is 0 Å². The number of ether oxygens (including phenoxy) is 1. The van der Waals surface area contributed by atoms with Gasteiger partial charge < -0.3 is 20.3 Å². The first-order chi connectivity index (χ1) is 9.97. The van der Waals surface area contributed by atoms with Crippen molar-refractivity contribution in [3.63, 3.8) is 0 Å². The lowest BCUT2D eigenvalue weighted by molar-refractivity contribution is -0.119. The topological polar surface area (TPSA) is 107 Å². The highest BCUT2D eigenvalue weighted by Crippen LogP contribution is 2.16. The summed E-state index contributed by atoms with van der Waals surface area (Å²) in [7, 11) is 0. The molecule has 0 saturated heterocycles. The quantitative estimate of drug-likeness (QED) is 0.599. The predicted octanol–water partition coefficient (Wildman–Crippen LogP) is 1.97. The van der Waals surface area contributed by atoms with Gasteiger partial charge in [-0.3, -0.25) is 4.79 Å². The maximum absolute atomic E-state index is 11.8. The molecule has 7 nitrogen and oxygen atoms in total. The summed E-state index contributed by atoms with van der Waals surface area (Å²) < 4.78 is 10.5. The Bertz CT molecular complexity index is 664. The highest BCUT2D eigenvalue weighted by molar-refractivity contribution is 14.1. The van der Waals surface area contributed by atoms with Gasteiger partial charge in [0.05, 0.1) is 5.69 Å². The van der Waals surface area contributed by atoms with E-state index >= 15 is 0 Å². The molecule has 0 aliphatic rings. The number of halogens is 1. The molecule has 0 fully saturated rings. The smallest absolute Gasteiger partial charge is 0.346 e. The van der Waals surface area contributed by atoms with Crippen molar-refractivity contribution >= 4 is 46.0 Å². The highest BCUT2D eigenvalue weighted by atomic mass is 127. The van der Waals surface area contributed by atoms with E-state index in [9.17, 15) is 9.59 Å². The Kier molecular flexibility index (Phi) is 4.78. The van der Waals surface area contributed by atoms with E-state index in [1.165, 1.54) is 0 Å². The fraction of sp³-hybridized carbons (Fsp3) is 0.154. The molecular weight excluding hydrogens is 389 g/mol. The van der Waals surface area contributed by atoms with Gasteiger partial charge in [-0.25, -0.2) is 4.79 Å². The Morgan fingerprint density at radius 3 is 2.86 bits per heavy atom. The van der Waals surface area contributed by atoms with Crippen molar-refractivity contribution in [3.8, 4) is 0 Å². The number of carbonyl (C=O) groups is 2. The van der Waals surface area contributed by atoms with E-state index < -0.39 is 18.5 Å². The van der Waals surface area contributed by atoms with Crippen LogP contribution in [0.15, 0.2) is 28.8 Å². The summed E-state index contributed by atoms with van der Waals surface area (Å²) in [6.45, 7) is 1.14. The Hall–Kier alpha value is -2.10. The number of nitrogens with one attached hydrogen (secondary N) is 1. The van der Waals surface area contributed by atoms with Crippen LogP contribution in [0.4, 0.5) is 11.6 Å². The molecule has 1 heterocycles. The molecule has 2 rings (SSSR count). The number of anilines is 2. The number of nitrogens with zero attached hydrogens (tertiary/aromatic N) is 1. The van der Waals surface area contributed by atoms with Crippen LogP contribution >= 0.6 is 22.6 Å². The molecule has 0 saturated carbocycles. The van der Waals surface area contributed by atoms with Crippen molar-refractivity contribution in [2.75, 3.05) is 17.7 Å². The van der Waals surface area contributed by atoms with Crippen molar-refractivity contribution in [2.24, 2.45) is 0 Å². The number of aryl methyl sites for hydroxylation is 1. The molecule has 0 bridgehead atoms. The number of aromatic nitrogens is 1. The fourth-order valence-electron chi connectivity index (χ4n) is 1.60. The summed E-state index contributed by atoms with van der Waals surface area (Å²) in [6.07, 6.45) is 0. The van der Waals surface area contributed by atoms with Gasteiger partial charge >= 0.3 is 5.97 Å². The Balaban J connectivity index is 1.91. The molecule has 0 radical (unpaired) electrons. The van der Waals surface area contributed by atoms with Gasteiger partial charge in [0.2, 0.25) is 5.88 Å². The molecule has 0 aliphatic carbocycles. The first kappa shape index (κ1) is 15.3. The van der Waals surface area contributed by atoms with Gasteiger partial charge in [0.15, 0.2) is 6.61 Å². The number of nitrogens with two attached hydrogens (primary N) is 1. The minimum absolute atomic E-state index is 0.0389. The van der Waals surface area contributed by atoms with Crippen molar-refractivity contribution in [1.82, 2.24) is 5.16 Å². The second kappa shape index (κ2) is 6.57. The molecule has 3 N–H and O–H groups in total. The number of esters is 1. The van der Waals surface area contributed by atoms with Crippen LogP contribution in [-0.4, -0.2) is 23.6 Å². The first-order valence-corrected chi connectivity index (χ1v) is 6.99. The van der Waals surface area contributed by atoms with Gasteiger partial charge in [0.25, 0.3) is 5.91 Å².